The van der Waals surface area contributed by atoms with Gasteiger partial charge in [0.1, 0.15) is 5.75 Å². The number of likely N-dealkylation sites (N-methyl/N-ethyl adjacent to an activating group) is 1. The summed E-state index contributed by atoms with van der Waals surface area (Å²) in [5.41, 5.74) is 5.33. The Bertz CT molecular complexity index is 1130. The molecule has 0 unspecified atom stereocenters. The van der Waals surface area contributed by atoms with Crippen molar-refractivity contribution in [2.45, 2.75) is 51.7 Å². The lowest BCUT2D eigenvalue weighted by Crippen LogP contribution is -2.52. The number of aryl methyl sites for hydroxylation is 1. The van der Waals surface area contributed by atoms with Crippen molar-refractivity contribution in [2.75, 3.05) is 38.7 Å². The number of ether oxygens (including phenoxy) is 1. The average molecular weight is 490 g/mol. The number of piperazine rings is 1. The van der Waals surface area contributed by atoms with Crippen LogP contribution in [0.15, 0.2) is 42.6 Å². The summed E-state index contributed by atoms with van der Waals surface area (Å²) in [7, 11) is 4.05. The van der Waals surface area contributed by atoms with Crippen LogP contribution in [0.5, 0.6) is 5.75 Å². The number of nitrogens with zero attached hydrogens (tertiary/aromatic N) is 2. The number of hydrogen-bond donors (Lipinski definition) is 3. The molecule has 0 aromatic heterocycles. The van der Waals surface area contributed by atoms with Gasteiger partial charge in [0.15, 0.2) is 0 Å². The summed E-state index contributed by atoms with van der Waals surface area (Å²) in [6.45, 7) is 8.48. The summed E-state index contributed by atoms with van der Waals surface area (Å²) < 4.78 is 5.79. The molecule has 0 spiro atoms. The number of allylic oxidation sites excluding steroid dienone is 1. The fourth-order valence-corrected chi connectivity index (χ4v) is 5.39. The van der Waals surface area contributed by atoms with Gasteiger partial charge in [-0.2, -0.15) is 0 Å². The summed E-state index contributed by atoms with van der Waals surface area (Å²) in [6, 6.07) is 13.1. The molecule has 3 atom stereocenters. The molecule has 2 heterocycles. The van der Waals surface area contributed by atoms with Crippen molar-refractivity contribution in [3.05, 3.63) is 64.9 Å². The van der Waals surface area contributed by atoms with Gasteiger partial charge in [0.2, 0.25) is 0 Å². The van der Waals surface area contributed by atoms with Crippen LogP contribution in [-0.2, 0) is 0 Å². The van der Waals surface area contributed by atoms with E-state index in [1.807, 2.05) is 52.1 Å². The lowest BCUT2D eigenvalue weighted by Gasteiger charge is -2.40. The molecular formula is C29H39N5O2. The molecule has 0 saturated carbocycles. The molecule has 2 aromatic carbocycles. The fraction of sp³-hybridized carbons (Fsp3) is 0.448. The molecule has 7 nitrogen and oxygen atoms in total. The predicted molar refractivity (Wildman–Crippen MR) is 147 cm³/mol. The number of nitrogens with one attached hydrogen (secondary N) is 3. The van der Waals surface area contributed by atoms with E-state index in [9.17, 15) is 4.79 Å². The molecule has 2 fully saturated rings. The molecule has 0 radical (unpaired) electrons. The van der Waals surface area contributed by atoms with Gasteiger partial charge in [-0.05, 0) is 87.7 Å². The molecule has 3 N–H and O–H groups in total. The topological polar surface area (TPSA) is 80.7 Å². The number of benzene rings is 2. The highest BCUT2D eigenvalue weighted by atomic mass is 16.5. The van der Waals surface area contributed by atoms with Crippen LogP contribution in [0.25, 0.3) is 5.57 Å². The fourth-order valence-electron chi connectivity index (χ4n) is 5.39. The molecule has 2 aromatic rings. The van der Waals surface area contributed by atoms with Gasteiger partial charge < -0.3 is 25.7 Å². The highest BCUT2D eigenvalue weighted by Gasteiger charge is 2.37. The minimum Gasteiger partial charge on any atom is -0.494 e. The summed E-state index contributed by atoms with van der Waals surface area (Å²) in [5, 5.41) is 14.0. The summed E-state index contributed by atoms with van der Waals surface area (Å²) in [5.74, 6) is 0.637. The predicted octanol–water partition coefficient (Wildman–Crippen LogP) is 4.38. The van der Waals surface area contributed by atoms with E-state index in [0.717, 1.165) is 46.8 Å². The van der Waals surface area contributed by atoms with Gasteiger partial charge in [0, 0.05) is 61.5 Å². The molecule has 4 rings (SSSR count). The molecule has 2 bridgehead atoms. The van der Waals surface area contributed by atoms with E-state index in [1.54, 1.807) is 6.20 Å². The second-order valence-corrected chi connectivity index (χ2v) is 9.91. The summed E-state index contributed by atoms with van der Waals surface area (Å²) >= 11 is 0. The normalized spacial score (nSPS) is 20.7. The van der Waals surface area contributed by atoms with Crippen molar-refractivity contribution >= 4 is 23.4 Å². The summed E-state index contributed by atoms with van der Waals surface area (Å²) in [6.07, 6.45) is 5.60. The van der Waals surface area contributed by atoms with Crippen LogP contribution in [0.1, 0.15) is 59.8 Å². The van der Waals surface area contributed by atoms with Crippen molar-refractivity contribution in [3.8, 4) is 5.75 Å². The SMILES string of the molecule is CCOc1cc(/C(C=N)=C/NC)cc([C@@H](C)NC(=O)c2cc(N3C[C@H]4CC[C@@H](C3)N4C)ccc2C)c1. The number of anilines is 1. The zero-order valence-electron chi connectivity index (χ0n) is 22.1. The van der Waals surface area contributed by atoms with Gasteiger partial charge in [-0.1, -0.05) is 6.07 Å². The quantitative estimate of drug-likeness (QED) is 0.456. The number of hydrogen-bond acceptors (Lipinski definition) is 6. The lowest BCUT2D eigenvalue weighted by molar-refractivity contribution is 0.0939. The second kappa shape index (κ2) is 11.2. The van der Waals surface area contributed by atoms with E-state index in [4.69, 9.17) is 10.1 Å². The first-order valence-corrected chi connectivity index (χ1v) is 12.9. The molecular weight excluding hydrogens is 450 g/mol. The monoisotopic (exact) mass is 489 g/mol. The Labute approximate surface area is 215 Å². The third kappa shape index (κ3) is 5.41. The number of rotatable bonds is 9. The van der Waals surface area contributed by atoms with Crippen molar-refractivity contribution in [2.24, 2.45) is 0 Å². The zero-order valence-corrected chi connectivity index (χ0v) is 22.1. The van der Waals surface area contributed by atoms with Gasteiger partial charge in [-0.15, -0.1) is 0 Å². The molecule has 2 aliphatic rings. The van der Waals surface area contributed by atoms with E-state index >= 15 is 0 Å². The van der Waals surface area contributed by atoms with Gasteiger partial charge in [-0.3, -0.25) is 9.69 Å². The minimum absolute atomic E-state index is 0.0830. The Morgan fingerprint density at radius 1 is 1.19 bits per heavy atom. The van der Waals surface area contributed by atoms with Gasteiger partial charge >= 0.3 is 0 Å². The van der Waals surface area contributed by atoms with Crippen LogP contribution >= 0.6 is 0 Å². The largest absolute Gasteiger partial charge is 0.494 e. The number of fused-ring (bicyclic) bond motifs is 2. The number of carbonyl (C=O) groups excluding carboxylic acids is 1. The third-order valence-corrected chi connectivity index (χ3v) is 7.55. The van der Waals surface area contributed by atoms with Crippen molar-refractivity contribution < 1.29 is 9.53 Å². The molecule has 0 aliphatic carbocycles. The second-order valence-electron chi connectivity index (χ2n) is 9.91. The van der Waals surface area contributed by atoms with E-state index in [1.165, 1.54) is 19.1 Å². The standard InChI is InChI=1S/C29H39N5O2/c1-6-36-27-12-21(11-22(13-27)23(15-30)16-31-4)20(3)32-29(35)28-14-24(8-7-19(28)2)34-17-25-9-10-26(18-34)33(25)5/h7-8,11-16,20,25-26,30-31H,6,9-10,17-18H2,1-5H3,(H,32,35)/b23-16+,30-15?/t20-,25-,26+/m1/s1. The summed E-state index contributed by atoms with van der Waals surface area (Å²) in [4.78, 5) is 18.4. The molecule has 2 saturated heterocycles. The number of amides is 1. The Morgan fingerprint density at radius 2 is 1.92 bits per heavy atom. The number of carbonyl (C=O) groups is 1. The maximum atomic E-state index is 13.4. The smallest absolute Gasteiger partial charge is 0.252 e. The highest BCUT2D eigenvalue weighted by molar-refractivity contribution is 6.08. The first-order chi connectivity index (χ1) is 17.3. The molecule has 7 heteroatoms. The Kier molecular flexibility index (Phi) is 7.99. The van der Waals surface area contributed by atoms with Crippen LogP contribution < -0.4 is 20.3 Å². The maximum absolute atomic E-state index is 13.4. The van der Waals surface area contributed by atoms with E-state index in [-0.39, 0.29) is 11.9 Å². The first-order valence-electron chi connectivity index (χ1n) is 12.9. The van der Waals surface area contributed by atoms with E-state index in [2.05, 4.69) is 39.6 Å². The van der Waals surface area contributed by atoms with Crippen LogP contribution in [0.2, 0.25) is 0 Å². The van der Waals surface area contributed by atoms with Crippen LogP contribution in [0.4, 0.5) is 5.69 Å². The van der Waals surface area contributed by atoms with Crippen LogP contribution in [0, 0.1) is 12.3 Å². The van der Waals surface area contributed by atoms with Gasteiger partial charge in [-0.25, -0.2) is 0 Å². The Morgan fingerprint density at radius 3 is 2.56 bits per heavy atom. The molecule has 36 heavy (non-hydrogen) atoms. The van der Waals surface area contributed by atoms with E-state index in [0.29, 0.717) is 24.3 Å². The van der Waals surface area contributed by atoms with E-state index < -0.39 is 0 Å². The van der Waals surface area contributed by atoms with Gasteiger partial charge in [0.05, 0.1) is 12.6 Å². The van der Waals surface area contributed by atoms with Gasteiger partial charge in [0.25, 0.3) is 5.91 Å². The Balaban J connectivity index is 1.55. The third-order valence-electron chi connectivity index (χ3n) is 7.55. The first kappa shape index (κ1) is 25.8. The molecule has 1 amide bonds. The van der Waals surface area contributed by atoms with Crippen LogP contribution in [0.3, 0.4) is 0 Å². The Hall–Kier alpha value is -3.32. The zero-order chi connectivity index (χ0) is 25.8. The molecule has 2 aliphatic heterocycles. The van der Waals surface area contributed by atoms with Crippen molar-refractivity contribution in [1.82, 2.24) is 15.5 Å². The van der Waals surface area contributed by atoms with Crippen molar-refractivity contribution in [3.63, 3.8) is 0 Å². The van der Waals surface area contributed by atoms with Crippen LogP contribution in [-0.4, -0.2) is 62.9 Å². The average Bonchev–Trinajstić information content (AvgIpc) is 3.06. The maximum Gasteiger partial charge on any atom is 0.252 e. The molecule has 192 valence electrons. The minimum atomic E-state index is -0.235. The van der Waals surface area contributed by atoms with Crippen molar-refractivity contribution in [1.29, 1.82) is 5.41 Å². The highest BCUT2D eigenvalue weighted by Crippen LogP contribution is 2.32. The lowest BCUT2D eigenvalue weighted by atomic mass is 9.99.